The predicted octanol–water partition coefficient (Wildman–Crippen LogP) is 4.54. The highest BCUT2D eigenvalue weighted by molar-refractivity contribution is 7.98. The molecule has 0 aromatic heterocycles. The molecule has 0 fully saturated rings. The summed E-state index contributed by atoms with van der Waals surface area (Å²) in [5, 5.41) is 40.8. The molecule has 0 saturated heterocycles. The van der Waals surface area contributed by atoms with Crippen molar-refractivity contribution in [2.75, 3.05) is 5.75 Å². The lowest BCUT2D eigenvalue weighted by molar-refractivity contribution is -0.394. The molecule has 0 bridgehead atoms. The van der Waals surface area contributed by atoms with Crippen LogP contribution in [0.3, 0.4) is 0 Å². The number of carbonyl (C=O) groups excluding carboxylic acids is 2. The van der Waals surface area contributed by atoms with Crippen LogP contribution in [0.1, 0.15) is 21.5 Å². The van der Waals surface area contributed by atoms with Crippen LogP contribution in [0, 0.1) is 20.2 Å². The first kappa shape index (κ1) is 28.7. The Kier molecular flexibility index (Phi) is 9.22. The maximum atomic E-state index is 13.1. The second-order valence-electron chi connectivity index (χ2n) is 8.73. The zero-order chi connectivity index (χ0) is 29.4. The van der Waals surface area contributed by atoms with E-state index in [2.05, 4.69) is 15.8 Å². The van der Waals surface area contributed by atoms with Crippen molar-refractivity contribution in [1.82, 2.24) is 10.7 Å². The van der Waals surface area contributed by atoms with Crippen molar-refractivity contribution in [3.63, 3.8) is 0 Å². The molecule has 3 N–H and O–H groups in total. The molecule has 1 atom stereocenters. The van der Waals surface area contributed by atoms with Gasteiger partial charge in [-0.3, -0.25) is 29.8 Å². The van der Waals surface area contributed by atoms with Gasteiger partial charge in [-0.05, 0) is 22.4 Å². The molecule has 13 heteroatoms. The van der Waals surface area contributed by atoms with E-state index in [0.717, 1.165) is 29.1 Å². The first-order valence-corrected chi connectivity index (χ1v) is 13.3. The summed E-state index contributed by atoms with van der Waals surface area (Å²) < 4.78 is 0. The number of nitrogens with zero attached hydrogens (tertiary/aromatic N) is 3. The number of nitro benzene ring substituents is 2. The highest BCUT2D eigenvalue weighted by Crippen LogP contribution is 2.26. The van der Waals surface area contributed by atoms with Crippen LogP contribution in [-0.4, -0.2) is 44.8 Å². The molecule has 0 aliphatic rings. The van der Waals surface area contributed by atoms with Gasteiger partial charge in [-0.1, -0.05) is 60.7 Å². The maximum absolute atomic E-state index is 13.1. The van der Waals surface area contributed by atoms with Gasteiger partial charge < -0.3 is 10.4 Å². The fourth-order valence-corrected chi connectivity index (χ4v) is 4.90. The molecule has 2 amide bonds. The largest absolute Gasteiger partial charge is 0.507 e. The van der Waals surface area contributed by atoms with E-state index in [1.165, 1.54) is 24.0 Å². The first-order chi connectivity index (χ1) is 19.7. The van der Waals surface area contributed by atoms with E-state index in [4.69, 9.17) is 0 Å². The molecular formula is C28H23N5O7S. The number of thioether (sulfide) groups is 1. The Morgan fingerprint density at radius 2 is 1.59 bits per heavy atom. The second kappa shape index (κ2) is 13.2. The number of nitro groups is 2. The average Bonchev–Trinajstić information content (AvgIpc) is 2.97. The molecule has 4 aromatic rings. The molecule has 41 heavy (non-hydrogen) atoms. The minimum Gasteiger partial charge on any atom is -0.507 e. The number of hydrogen-bond acceptors (Lipinski definition) is 9. The normalized spacial score (nSPS) is 11.7. The first-order valence-electron chi connectivity index (χ1n) is 12.1. The minimum atomic E-state index is -1.16. The summed E-state index contributed by atoms with van der Waals surface area (Å²) in [6.07, 6.45) is 1.29. The molecule has 0 heterocycles. The van der Waals surface area contributed by atoms with E-state index in [1.54, 1.807) is 18.2 Å². The molecule has 0 radical (unpaired) electrons. The van der Waals surface area contributed by atoms with Gasteiger partial charge >= 0.3 is 0 Å². The van der Waals surface area contributed by atoms with Crippen molar-refractivity contribution < 1.29 is 24.5 Å². The van der Waals surface area contributed by atoms with Gasteiger partial charge in [0.1, 0.15) is 11.8 Å². The summed E-state index contributed by atoms with van der Waals surface area (Å²) in [7, 11) is 0. The number of fused-ring (bicyclic) bond motifs is 1. The van der Waals surface area contributed by atoms with Crippen molar-refractivity contribution in [3.8, 4) is 5.75 Å². The van der Waals surface area contributed by atoms with E-state index in [-0.39, 0.29) is 17.1 Å². The highest BCUT2D eigenvalue weighted by atomic mass is 32.2. The Hall–Kier alpha value is -5.30. The van der Waals surface area contributed by atoms with Crippen LogP contribution < -0.4 is 10.7 Å². The van der Waals surface area contributed by atoms with Gasteiger partial charge in [0.05, 0.1) is 27.7 Å². The molecule has 12 nitrogen and oxygen atoms in total. The van der Waals surface area contributed by atoms with E-state index >= 15 is 0 Å². The zero-order valence-electron chi connectivity index (χ0n) is 21.3. The SMILES string of the molecule is O=C(N[C@H](CSCc1ccccc1)C(=O)N/N=C/c1c(O)ccc2ccccc12)c1cc([N+](=O)[O-])cc([N+](=O)[O-])c1. The lowest BCUT2D eigenvalue weighted by Crippen LogP contribution is -2.47. The molecule has 0 unspecified atom stereocenters. The number of hydrazone groups is 1. The fourth-order valence-electron chi connectivity index (χ4n) is 3.89. The number of phenols is 1. The zero-order valence-corrected chi connectivity index (χ0v) is 22.1. The van der Waals surface area contributed by atoms with Crippen LogP contribution in [0.4, 0.5) is 11.4 Å². The van der Waals surface area contributed by atoms with Gasteiger partial charge in [0.25, 0.3) is 23.2 Å². The van der Waals surface area contributed by atoms with Gasteiger partial charge in [-0.15, -0.1) is 0 Å². The van der Waals surface area contributed by atoms with E-state index in [9.17, 15) is 34.9 Å². The monoisotopic (exact) mass is 573 g/mol. The van der Waals surface area contributed by atoms with Crippen molar-refractivity contribution >= 4 is 51.9 Å². The summed E-state index contributed by atoms with van der Waals surface area (Å²) in [5.74, 6) is -1.03. The third-order valence-corrected chi connectivity index (χ3v) is 7.03. The Bertz CT molecular complexity index is 1610. The highest BCUT2D eigenvalue weighted by Gasteiger charge is 2.25. The molecule has 0 aliphatic carbocycles. The average molecular weight is 574 g/mol. The molecule has 4 rings (SSSR count). The number of hydrogen-bond donors (Lipinski definition) is 3. The summed E-state index contributed by atoms with van der Waals surface area (Å²) in [4.78, 5) is 46.9. The van der Waals surface area contributed by atoms with E-state index < -0.39 is 39.1 Å². The number of amides is 2. The molecule has 0 aliphatic heterocycles. The summed E-state index contributed by atoms with van der Waals surface area (Å²) in [6.45, 7) is 0. The fraction of sp³-hybridized carbons (Fsp3) is 0.107. The lowest BCUT2D eigenvalue weighted by Gasteiger charge is -2.17. The molecule has 0 spiro atoms. The van der Waals surface area contributed by atoms with Crippen LogP contribution >= 0.6 is 11.8 Å². The van der Waals surface area contributed by atoms with Gasteiger partial charge in [-0.25, -0.2) is 5.43 Å². The van der Waals surface area contributed by atoms with Crippen molar-refractivity contribution in [1.29, 1.82) is 0 Å². The molecule has 208 valence electrons. The van der Waals surface area contributed by atoms with Crippen LogP contribution in [0.5, 0.6) is 5.75 Å². The molecule has 0 saturated carbocycles. The third kappa shape index (κ3) is 7.42. The number of phenolic OH excluding ortho intramolecular Hbond substituents is 1. The Balaban J connectivity index is 1.54. The molecule has 4 aromatic carbocycles. The van der Waals surface area contributed by atoms with Gasteiger partial charge in [0, 0.05) is 29.2 Å². The molecular weight excluding hydrogens is 550 g/mol. The number of rotatable bonds is 11. The van der Waals surface area contributed by atoms with Crippen LogP contribution in [0.25, 0.3) is 10.8 Å². The van der Waals surface area contributed by atoms with Gasteiger partial charge in [-0.2, -0.15) is 16.9 Å². The summed E-state index contributed by atoms with van der Waals surface area (Å²) in [6, 6.07) is 21.3. The van der Waals surface area contributed by atoms with Crippen molar-refractivity contribution in [2.45, 2.75) is 11.8 Å². The van der Waals surface area contributed by atoms with E-state index in [1.807, 2.05) is 42.5 Å². The maximum Gasteiger partial charge on any atom is 0.277 e. The van der Waals surface area contributed by atoms with Gasteiger partial charge in [0.15, 0.2) is 0 Å². The number of carbonyl (C=O) groups is 2. The summed E-state index contributed by atoms with van der Waals surface area (Å²) >= 11 is 1.35. The summed E-state index contributed by atoms with van der Waals surface area (Å²) in [5.41, 5.74) is 2.11. The topological polar surface area (TPSA) is 177 Å². The van der Waals surface area contributed by atoms with Crippen molar-refractivity contribution in [3.05, 3.63) is 122 Å². The van der Waals surface area contributed by atoms with Crippen molar-refractivity contribution in [2.24, 2.45) is 5.10 Å². The quantitative estimate of drug-likeness (QED) is 0.133. The lowest BCUT2D eigenvalue weighted by atomic mass is 10.0. The smallest absolute Gasteiger partial charge is 0.277 e. The Labute approximate surface area is 237 Å². The van der Waals surface area contributed by atoms with Crippen LogP contribution in [0.15, 0.2) is 90.0 Å². The second-order valence-corrected chi connectivity index (χ2v) is 9.76. The number of aromatic hydroxyl groups is 1. The van der Waals surface area contributed by atoms with Crippen LogP contribution in [0.2, 0.25) is 0 Å². The minimum absolute atomic E-state index is 0.0442. The van der Waals surface area contributed by atoms with E-state index in [0.29, 0.717) is 16.7 Å². The number of benzene rings is 4. The van der Waals surface area contributed by atoms with Crippen LogP contribution in [-0.2, 0) is 10.5 Å². The number of non-ortho nitro benzene ring substituents is 2. The third-order valence-electron chi connectivity index (χ3n) is 5.92. The number of nitrogens with one attached hydrogen (secondary N) is 2. The standard InChI is InChI=1S/C28H23N5O7S/c34-26-11-10-19-8-4-5-9-23(19)24(26)15-29-31-28(36)25(17-41-16-18-6-2-1-3-7-18)30-27(35)20-12-21(32(37)38)14-22(13-20)33(39)40/h1-15,25,34H,16-17H2,(H,30,35)(H,31,36)/b29-15+/t25-/m1/s1. The Morgan fingerprint density at radius 1 is 0.927 bits per heavy atom. The predicted molar refractivity (Wildman–Crippen MR) is 155 cm³/mol. The van der Waals surface area contributed by atoms with Gasteiger partial charge in [0.2, 0.25) is 0 Å². The Morgan fingerprint density at radius 3 is 2.27 bits per heavy atom.